The van der Waals surface area contributed by atoms with Crippen molar-refractivity contribution in [2.45, 2.75) is 19.4 Å². The Morgan fingerprint density at radius 3 is 2.87 bits per heavy atom. The van der Waals surface area contributed by atoms with Gasteiger partial charge in [-0.1, -0.05) is 0 Å². The molecular formula is C21H32IN5O4. The highest BCUT2D eigenvalue weighted by atomic mass is 127. The Morgan fingerprint density at radius 2 is 2.06 bits per heavy atom. The summed E-state index contributed by atoms with van der Waals surface area (Å²) in [5.41, 5.74) is 0.890. The van der Waals surface area contributed by atoms with Gasteiger partial charge < -0.3 is 29.6 Å². The molecule has 0 fully saturated rings. The summed E-state index contributed by atoms with van der Waals surface area (Å²) < 4.78 is 23.8. The molecule has 10 heteroatoms. The van der Waals surface area contributed by atoms with E-state index in [0.717, 1.165) is 36.6 Å². The molecule has 9 nitrogen and oxygen atoms in total. The molecule has 2 aromatic rings. The van der Waals surface area contributed by atoms with Crippen molar-refractivity contribution >= 4 is 35.6 Å². The maximum atomic E-state index is 5.78. The van der Waals surface area contributed by atoms with Crippen LogP contribution in [0.5, 0.6) is 11.5 Å². The van der Waals surface area contributed by atoms with Crippen LogP contribution in [0.3, 0.4) is 0 Å². The molecule has 0 bridgehead atoms. The number of nitrogens with zero attached hydrogens (tertiary/aromatic N) is 3. The fraction of sp³-hybridized carbons (Fsp3) is 0.524. The van der Waals surface area contributed by atoms with Crippen LogP contribution in [-0.4, -0.2) is 69.0 Å². The molecule has 172 valence electrons. The molecule has 3 rings (SSSR count). The van der Waals surface area contributed by atoms with Gasteiger partial charge in [-0.15, -0.1) is 24.0 Å². The average Bonchev–Trinajstić information content (AvgIpc) is 3.16. The van der Waals surface area contributed by atoms with E-state index in [2.05, 4.69) is 20.7 Å². The monoisotopic (exact) mass is 545 g/mol. The third-order valence-corrected chi connectivity index (χ3v) is 4.35. The van der Waals surface area contributed by atoms with Crippen molar-refractivity contribution in [2.75, 3.05) is 58.6 Å². The van der Waals surface area contributed by atoms with Crippen LogP contribution in [0.4, 0.5) is 5.69 Å². The first-order valence-corrected chi connectivity index (χ1v) is 10.3. The largest absolute Gasteiger partial charge is 0.490 e. The van der Waals surface area contributed by atoms with Crippen LogP contribution in [0.15, 0.2) is 41.7 Å². The maximum Gasteiger partial charge on any atom is 0.195 e. The van der Waals surface area contributed by atoms with Crippen LogP contribution < -0.4 is 20.1 Å². The molecule has 0 saturated heterocycles. The van der Waals surface area contributed by atoms with Gasteiger partial charge in [0.2, 0.25) is 0 Å². The van der Waals surface area contributed by atoms with Gasteiger partial charge >= 0.3 is 0 Å². The number of hydrogen-bond acceptors (Lipinski definition) is 6. The van der Waals surface area contributed by atoms with Crippen LogP contribution in [-0.2, 0) is 16.0 Å². The van der Waals surface area contributed by atoms with Gasteiger partial charge in [-0.25, -0.2) is 0 Å². The van der Waals surface area contributed by atoms with E-state index in [1.54, 1.807) is 13.3 Å². The molecule has 0 amide bonds. The SMILES string of the molecule is COCCOCCCN=C(NCCn1cccn1)Nc1ccc2c(c1)OCCCO2.I. The van der Waals surface area contributed by atoms with Crippen molar-refractivity contribution in [3.8, 4) is 11.5 Å². The second-order valence-electron chi connectivity index (χ2n) is 6.72. The van der Waals surface area contributed by atoms with Gasteiger partial charge in [0.05, 0.1) is 33.0 Å². The molecule has 1 aliphatic heterocycles. The van der Waals surface area contributed by atoms with Gasteiger partial charge in [0.25, 0.3) is 0 Å². The number of nitrogens with one attached hydrogen (secondary N) is 2. The number of methoxy groups -OCH3 is 1. The van der Waals surface area contributed by atoms with Crippen LogP contribution in [0.1, 0.15) is 12.8 Å². The zero-order valence-electron chi connectivity index (χ0n) is 17.9. The molecule has 2 N–H and O–H groups in total. The molecule has 0 atom stereocenters. The molecular weight excluding hydrogens is 513 g/mol. The van der Waals surface area contributed by atoms with Crippen LogP contribution in [0.2, 0.25) is 0 Å². The molecule has 0 unspecified atom stereocenters. The Kier molecular flexibility index (Phi) is 12.1. The Labute approximate surface area is 200 Å². The molecule has 0 spiro atoms. The summed E-state index contributed by atoms with van der Waals surface area (Å²) in [7, 11) is 1.67. The number of benzene rings is 1. The van der Waals surface area contributed by atoms with E-state index >= 15 is 0 Å². The van der Waals surface area contributed by atoms with Gasteiger partial charge in [-0.3, -0.25) is 9.67 Å². The van der Waals surface area contributed by atoms with E-state index in [1.165, 1.54) is 0 Å². The summed E-state index contributed by atoms with van der Waals surface area (Å²) in [5, 5.41) is 10.9. The standard InChI is InChI=1S/C21H31N5O4.HI/c1-27-15-16-28-12-3-7-22-21(23-9-11-26-10-2-8-24-26)25-18-5-6-19-20(17-18)30-14-4-13-29-19;/h2,5-6,8,10,17H,3-4,7,9,11-16H2,1H3,(H2,22,23,25);1H. The van der Waals surface area contributed by atoms with Gasteiger partial charge in [0, 0.05) is 57.4 Å². The number of aromatic nitrogens is 2. The number of ether oxygens (including phenoxy) is 4. The Bertz CT molecular complexity index is 773. The lowest BCUT2D eigenvalue weighted by atomic mass is 10.3. The van der Waals surface area contributed by atoms with Crippen LogP contribution in [0.25, 0.3) is 0 Å². The molecule has 1 aliphatic rings. The van der Waals surface area contributed by atoms with E-state index in [9.17, 15) is 0 Å². The van der Waals surface area contributed by atoms with Gasteiger partial charge in [-0.2, -0.15) is 5.10 Å². The highest BCUT2D eigenvalue weighted by Gasteiger charge is 2.11. The van der Waals surface area contributed by atoms with Crippen molar-refractivity contribution in [3.05, 3.63) is 36.7 Å². The van der Waals surface area contributed by atoms with E-state index < -0.39 is 0 Å². The summed E-state index contributed by atoms with van der Waals surface area (Å²) in [4.78, 5) is 4.67. The minimum absolute atomic E-state index is 0. The third kappa shape index (κ3) is 9.32. The Morgan fingerprint density at radius 1 is 1.19 bits per heavy atom. The first-order chi connectivity index (χ1) is 14.8. The topological polar surface area (TPSA) is 91.2 Å². The number of rotatable bonds is 11. The first kappa shape index (κ1) is 25.2. The molecule has 0 radical (unpaired) electrons. The van der Waals surface area contributed by atoms with Crippen molar-refractivity contribution in [2.24, 2.45) is 4.99 Å². The highest BCUT2D eigenvalue weighted by molar-refractivity contribution is 14.0. The fourth-order valence-electron chi connectivity index (χ4n) is 2.84. The van der Waals surface area contributed by atoms with Crippen LogP contribution >= 0.6 is 24.0 Å². The van der Waals surface area contributed by atoms with Crippen molar-refractivity contribution < 1.29 is 18.9 Å². The summed E-state index contributed by atoms with van der Waals surface area (Å²) in [6.07, 6.45) is 5.42. The second-order valence-corrected chi connectivity index (χ2v) is 6.72. The fourth-order valence-corrected chi connectivity index (χ4v) is 2.84. The van der Waals surface area contributed by atoms with Crippen LogP contribution in [0, 0.1) is 0 Å². The molecule has 0 saturated carbocycles. The zero-order chi connectivity index (χ0) is 20.9. The zero-order valence-corrected chi connectivity index (χ0v) is 20.2. The molecule has 1 aromatic heterocycles. The highest BCUT2D eigenvalue weighted by Crippen LogP contribution is 2.32. The van der Waals surface area contributed by atoms with Crippen molar-refractivity contribution in [3.63, 3.8) is 0 Å². The van der Waals surface area contributed by atoms with Gasteiger partial charge in [-0.05, 0) is 24.6 Å². The number of hydrogen-bond donors (Lipinski definition) is 2. The average molecular weight is 545 g/mol. The smallest absolute Gasteiger partial charge is 0.195 e. The van der Waals surface area contributed by atoms with E-state index in [4.69, 9.17) is 18.9 Å². The lowest BCUT2D eigenvalue weighted by molar-refractivity contribution is 0.0702. The van der Waals surface area contributed by atoms with E-state index in [0.29, 0.717) is 52.1 Å². The number of fused-ring (bicyclic) bond motifs is 1. The predicted octanol–water partition coefficient (Wildman–Crippen LogP) is 2.77. The van der Waals surface area contributed by atoms with Crippen molar-refractivity contribution in [1.82, 2.24) is 15.1 Å². The molecule has 0 aliphatic carbocycles. The maximum absolute atomic E-state index is 5.78. The summed E-state index contributed by atoms with van der Waals surface area (Å²) in [5.74, 6) is 2.23. The lowest BCUT2D eigenvalue weighted by Crippen LogP contribution is -2.33. The molecule has 1 aromatic carbocycles. The first-order valence-electron chi connectivity index (χ1n) is 10.3. The molecule has 31 heavy (non-hydrogen) atoms. The normalized spacial score (nSPS) is 13.3. The predicted molar refractivity (Wildman–Crippen MR) is 131 cm³/mol. The lowest BCUT2D eigenvalue weighted by Gasteiger charge is -2.15. The number of halogens is 1. The number of anilines is 1. The third-order valence-electron chi connectivity index (χ3n) is 4.35. The van der Waals surface area contributed by atoms with E-state index in [-0.39, 0.29) is 24.0 Å². The van der Waals surface area contributed by atoms with Gasteiger partial charge in [0.1, 0.15) is 0 Å². The quantitative estimate of drug-likeness (QED) is 0.194. The molecule has 2 heterocycles. The number of guanidine groups is 1. The summed E-state index contributed by atoms with van der Waals surface area (Å²) >= 11 is 0. The van der Waals surface area contributed by atoms with E-state index in [1.807, 2.05) is 35.1 Å². The van der Waals surface area contributed by atoms with Crippen molar-refractivity contribution in [1.29, 1.82) is 0 Å². The van der Waals surface area contributed by atoms with Gasteiger partial charge in [0.15, 0.2) is 17.5 Å². The second kappa shape index (κ2) is 14.9. The minimum Gasteiger partial charge on any atom is -0.490 e. The number of aliphatic imine (C=N–C) groups is 1. The minimum atomic E-state index is 0. The Hall–Kier alpha value is -2.05. The summed E-state index contributed by atoms with van der Waals surface area (Å²) in [6.45, 7) is 5.28. The summed E-state index contributed by atoms with van der Waals surface area (Å²) in [6, 6.07) is 7.74. The Balaban J connectivity index is 0.00000341.